The lowest BCUT2D eigenvalue weighted by Crippen LogP contribution is -2.52. The SMILES string of the molecule is Cc1cc(-c2[nH]c3sc(N4CCN(CCS(C)(=O)=O)CC4C)nc3c2C(C)C)cn2ncnc12. The van der Waals surface area contributed by atoms with Crippen LogP contribution in [0.25, 0.3) is 27.3 Å². The highest BCUT2D eigenvalue weighted by molar-refractivity contribution is 7.90. The van der Waals surface area contributed by atoms with Gasteiger partial charge < -0.3 is 9.88 Å². The lowest BCUT2D eigenvalue weighted by molar-refractivity contribution is 0.240. The first-order valence-corrected chi connectivity index (χ1v) is 14.5. The summed E-state index contributed by atoms with van der Waals surface area (Å²) in [5.41, 5.74) is 6.38. The molecule has 5 heterocycles. The van der Waals surface area contributed by atoms with E-state index in [4.69, 9.17) is 4.98 Å². The van der Waals surface area contributed by atoms with Gasteiger partial charge in [0.15, 0.2) is 10.8 Å². The Morgan fingerprint density at radius 1 is 1.29 bits per heavy atom. The molecule has 1 N–H and O–H groups in total. The Kier molecular flexibility index (Phi) is 5.89. The summed E-state index contributed by atoms with van der Waals surface area (Å²) in [4.78, 5) is 18.8. The van der Waals surface area contributed by atoms with E-state index in [2.05, 4.69) is 58.6 Å². The molecule has 34 heavy (non-hydrogen) atoms. The highest BCUT2D eigenvalue weighted by Gasteiger charge is 2.28. The van der Waals surface area contributed by atoms with Crippen molar-refractivity contribution < 1.29 is 8.42 Å². The van der Waals surface area contributed by atoms with Gasteiger partial charge in [-0.1, -0.05) is 25.2 Å². The topological polar surface area (TPSA) is 99.5 Å². The van der Waals surface area contributed by atoms with Crippen LogP contribution in [-0.2, 0) is 9.84 Å². The van der Waals surface area contributed by atoms with Crippen molar-refractivity contribution in [3.8, 4) is 11.3 Å². The fraction of sp³-hybridized carbons (Fsp3) is 0.522. The first-order valence-electron chi connectivity index (χ1n) is 11.6. The van der Waals surface area contributed by atoms with Crippen LogP contribution in [0.4, 0.5) is 5.13 Å². The number of pyridine rings is 1. The normalized spacial score (nSPS) is 18.1. The molecule has 1 saturated heterocycles. The number of piperazine rings is 1. The third-order valence-electron chi connectivity index (χ3n) is 6.54. The zero-order valence-corrected chi connectivity index (χ0v) is 21.9. The number of thiazole rings is 1. The van der Waals surface area contributed by atoms with E-state index in [1.165, 1.54) is 11.8 Å². The average Bonchev–Trinajstić information content (AvgIpc) is 3.45. The van der Waals surface area contributed by atoms with Crippen LogP contribution in [-0.4, -0.2) is 82.1 Å². The number of rotatable bonds is 6. The molecule has 1 aliphatic rings. The van der Waals surface area contributed by atoms with Gasteiger partial charge in [0.2, 0.25) is 0 Å². The highest BCUT2D eigenvalue weighted by Crippen LogP contribution is 2.40. The lowest BCUT2D eigenvalue weighted by atomic mass is 9.99. The largest absolute Gasteiger partial charge is 0.345 e. The van der Waals surface area contributed by atoms with Gasteiger partial charge in [0.05, 0.1) is 11.4 Å². The Bertz CT molecular complexity index is 1450. The summed E-state index contributed by atoms with van der Waals surface area (Å²) in [6.07, 6.45) is 4.91. The van der Waals surface area contributed by atoms with Crippen LogP contribution >= 0.6 is 11.3 Å². The molecule has 1 atom stereocenters. The van der Waals surface area contributed by atoms with Crippen LogP contribution in [0, 0.1) is 6.92 Å². The number of sulfone groups is 1. The average molecular weight is 502 g/mol. The zero-order valence-electron chi connectivity index (χ0n) is 20.2. The molecule has 4 aromatic heterocycles. The highest BCUT2D eigenvalue weighted by atomic mass is 32.2. The summed E-state index contributed by atoms with van der Waals surface area (Å²) in [7, 11) is -2.95. The summed E-state index contributed by atoms with van der Waals surface area (Å²) >= 11 is 1.69. The van der Waals surface area contributed by atoms with E-state index in [9.17, 15) is 8.42 Å². The van der Waals surface area contributed by atoms with Crippen molar-refractivity contribution in [3.05, 3.63) is 29.7 Å². The Morgan fingerprint density at radius 3 is 2.79 bits per heavy atom. The van der Waals surface area contributed by atoms with Crippen molar-refractivity contribution in [2.45, 2.75) is 39.7 Å². The zero-order chi connectivity index (χ0) is 24.2. The molecular weight excluding hydrogens is 470 g/mol. The van der Waals surface area contributed by atoms with Gasteiger partial charge in [-0.15, -0.1) is 0 Å². The molecule has 0 radical (unpaired) electrons. The number of aromatic amines is 1. The van der Waals surface area contributed by atoms with Crippen molar-refractivity contribution in [2.24, 2.45) is 0 Å². The molecule has 1 aliphatic heterocycles. The number of aryl methyl sites for hydroxylation is 1. The van der Waals surface area contributed by atoms with E-state index in [-0.39, 0.29) is 11.8 Å². The maximum absolute atomic E-state index is 11.5. The Labute approximate surface area is 203 Å². The van der Waals surface area contributed by atoms with Crippen molar-refractivity contribution in [3.63, 3.8) is 0 Å². The van der Waals surface area contributed by atoms with Gasteiger partial charge in [-0.25, -0.2) is 22.9 Å². The minimum Gasteiger partial charge on any atom is -0.345 e. The van der Waals surface area contributed by atoms with Crippen molar-refractivity contribution in [1.82, 2.24) is 29.5 Å². The maximum Gasteiger partial charge on any atom is 0.188 e. The van der Waals surface area contributed by atoms with E-state index < -0.39 is 9.84 Å². The molecule has 182 valence electrons. The minimum absolute atomic E-state index is 0.209. The van der Waals surface area contributed by atoms with E-state index in [0.29, 0.717) is 12.5 Å². The van der Waals surface area contributed by atoms with Crippen LogP contribution in [0.1, 0.15) is 37.8 Å². The number of hydrogen-bond acceptors (Lipinski definition) is 8. The third-order valence-corrected chi connectivity index (χ3v) is 8.47. The fourth-order valence-electron chi connectivity index (χ4n) is 4.83. The number of nitrogens with one attached hydrogen (secondary N) is 1. The van der Waals surface area contributed by atoms with Gasteiger partial charge in [-0.2, -0.15) is 5.10 Å². The van der Waals surface area contributed by atoms with Crippen LogP contribution in [0.15, 0.2) is 18.6 Å². The molecule has 9 nitrogen and oxygen atoms in total. The van der Waals surface area contributed by atoms with Crippen LogP contribution in [0.5, 0.6) is 0 Å². The fourth-order valence-corrected chi connectivity index (χ4v) is 6.54. The smallest absolute Gasteiger partial charge is 0.188 e. The minimum atomic E-state index is -2.95. The number of hydrogen-bond donors (Lipinski definition) is 1. The molecule has 0 aromatic carbocycles. The molecule has 11 heteroatoms. The second kappa shape index (κ2) is 8.62. The predicted molar refractivity (Wildman–Crippen MR) is 138 cm³/mol. The summed E-state index contributed by atoms with van der Waals surface area (Å²) in [5, 5.41) is 5.35. The summed E-state index contributed by atoms with van der Waals surface area (Å²) in [5.74, 6) is 0.510. The number of nitrogens with zero attached hydrogens (tertiary/aromatic N) is 6. The quantitative estimate of drug-likeness (QED) is 0.433. The van der Waals surface area contributed by atoms with Crippen LogP contribution in [0.3, 0.4) is 0 Å². The van der Waals surface area contributed by atoms with Gasteiger partial charge in [0, 0.05) is 55.8 Å². The molecule has 0 amide bonds. The molecule has 4 aromatic rings. The summed E-state index contributed by atoms with van der Waals surface area (Å²) in [6.45, 7) is 11.8. The number of fused-ring (bicyclic) bond motifs is 2. The van der Waals surface area contributed by atoms with Gasteiger partial charge in [0.1, 0.15) is 26.5 Å². The first-order chi connectivity index (χ1) is 16.1. The van der Waals surface area contributed by atoms with E-state index in [1.54, 1.807) is 17.7 Å². The monoisotopic (exact) mass is 501 g/mol. The van der Waals surface area contributed by atoms with Gasteiger partial charge >= 0.3 is 0 Å². The summed E-state index contributed by atoms with van der Waals surface area (Å²) < 4.78 is 24.9. The van der Waals surface area contributed by atoms with Crippen molar-refractivity contribution >= 4 is 42.3 Å². The number of aromatic nitrogens is 5. The van der Waals surface area contributed by atoms with E-state index in [1.807, 2.05) is 10.7 Å². The Balaban J connectivity index is 1.44. The molecule has 1 fully saturated rings. The van der Waals surface area contributed by atoms with Crippen molar-refractivity contribution in [1.29, 1.82) is 0 Å². The molecular formula is C23H31N7O2S2. The molecule has 0 saturated carbocycles. The Morgan fingerprint density at radius 2 is 2.09 bits per heavy atom. The van der Waals surface area contributed by atoms with E-state index in [0.717, 1.165) is 57.6 Å². The number of anilines is 1. The second-order valence-corrected chi connectivity index (χ2v) is 12.9. The third kappa shape index (κ3) is 4.32. The standard InChI is InChI=1S/C23H31N7O2S2/c1-14(2)18-19(17-10-15(3)21-24-13-25-30(21)12-17)26-22-20(18)27-23(33-22)29-7-6-28(11-16(29)4)8-9-34(5,31)32/h10,12-14,16,26H,6-9,11H2,1-5H3. The van der Waals surface area contributed by atoms with Crippen LogP contribution in [0.2, 0.25) is 0 Å². The molecule has 1 unspecified atom stereocenters. The van der Waals surface area contributed by atoms with Crippen LogP contribution < -0.4 is 4.90 Å². The first kappa shape index (κ1) is 23.3. The maximum atomic E-state index is 11.5. The lowest BCUT2D eigenvalue weighted by Gasteiger charge is -2.39. The van der Waals surface area contributed by atoms with Gasteiger partial charge in [-0.05, 0) is 31.4 Å². The Hall–Kier alpha value is -2.50. The predicted octanol–water partition coefficient (Wildman–Crippen LogP) is 3.32. The van der Waals surface area contributed by atoms with Crippen molar-refractivity contribution in [2.75, 3.05) is 43.1 Å². The van der Waals surface area contributed by atoms with Gasteiger partial charge in [-0.3, -0.25) is 4.90 Å². The summed E-state index contributed by atoms with van der Waals surface area (Å²) in [6, 6.07) is 2.42. The molecule has 5 rings (SSSR count). The second-order valence-electron chi connectivity index (χ2n) is 9.66. The molecule has 0 aliphatic carbocycles. The number of H-pyrrole nitrogens is 1. The molecule has 0 spiro atoms. The molecule has 0 bridgehead atoms. The van der Waals surface area contributed by atoms with E-state index >= 15 is 0 Å². The van der Waals surface area contributed by atoms with Gasteiger partial charge in [0.25, 0.3) is 0 Å².